The molecule has 2 aliphatic heterocycles. The molecule has 2 rings (SSSR count). The molecule has 5 atom stereocenters. The number of carbonyl (C=O) groups excluding carboxylic acids is 4. The first-order valence-corrected chi connectivity index (χ1v) is 9.37. The molecule has 0 radical (unpaired) electrons. The highest BCUT2D eigenvalue weighted by Gasteiger charge is 2.51. The lowest BCUT2D eigenvalue weighted by molar-refractivity contribution is -0.160. The van der Waals surface area contributed by atoms with Gasteiger partial charge in [-0.2, -0.15) is 0 Å². The third kappa shape index (κ3) is 5.85. The van der Waals surface area contributed by atoms with Gasteiger partial charge in [-0.25, -0.2) is 19.2 Å². The van der Waals surface area contributed by atoms with Crippen LogP contribution in [0.25, 0.3) is 0 Å². The number of ether oxygens (including phenoxy) is 4. The molecule has 170 valence electrons. The number of methoxy groups -OCH3 is 4. The molecule has 0 N–H and O–H groups in total. The van der Waals surface area contributed by atoms with Crippen molar-refractivity contribution in [2.24, 2.45) is 0 Å². The molecule has 14 heteroatoms. The summed E-state index contributed by atoms with van der Waals surface area (Å²) in [5.74, 6) is -3.43. The van der Waals surface area contributed by atoms with E-state index < -0.39 is 68.3 Å². The summed E-state index contributed by atoms with van der Waals surface area (Å²) in [5, 5.41) is 0. The monoisotopic (exact) mass is 442 g/mol. The van der Waals surface area contributed by atoms with E-state index in [1.54, 1.807) is 19.1 Å². The summed E-state index contributed by atoms with van der Waals surface area (Å²) in [7, 11) is 2.86. The van der Waals surface area contributed by atoms with Crippen LogP contribution in [0, 0.1) is 0 Å². The Morgan fingerprint density at radius 2 is 1.10 bits per heavy atom. The Balaban J connectivity index is 1.96. The number of rotatable bonds is 8. The van der Waals surface area contributed by atoms with Crippen molar-refractivity contribution < 1.29 is 56.7 Å². The van der Waals surface area contributed by atoms with Crippen LogP contribution in [0.1, 0.15) is 6.92 Å². The second-order valence-corrected chi connectivity index (χ2v) is 6.64. The molecule has 1 unspecified atom stereocenters. The van der Waals surface area contributed by atoms with E-state index in [4.69, 9.17) is 18.6 Å². The van der Waals surface area contributed by atoms with Crippen LogP contribution in [-0.4, -0.2) is 91.0 Å². The molecule has 2 fully saturated rings. The summed E-state index contributed by atoms with van der Waals surface area (Å²) in [6.07, 6.45) is -1.45. The Morgan fingerprint density at radius 1 is 0.742 bits per heavy atom. The minimum atomic E-state index is -1.25. The topological polar surface area (TPSA) is 142 Å². The lowest BCUT2D eigenvalue weighted by Crippen LogP contribution is -2.38. The van der Waals surface area contributed by atoms with Crippen LogP contribution in [0.15, 0.2) is 12.2 Å². The first kappa shape index (κ1) is 24.9. The van der Waals surface area contributed by atoms with Crippen LogP contribution >= 0.6 is 0 Å². The van der Waals surface area contributed by atoms with Crippen LogP contribution in [0.2, 0.25) is 12.1 Å². The van der Waals surface area contributed by atoms with Crippen molar-refractivity contribution in [1.82, 2.24) is 0 Å². The maximum absolute atomic E-state index is 11.9. The third-order valence-corrected chi connectivity index (χ3v) is 4.64. The van der Waals surface area contributed by atoms with Gasteiger partial charge < -0.3 is 37.6 Å². The summed E-state index contributed by atoms with van der Waals surface area (Å²) in [6.45, 7) is 1.74. The molecule has 2 aliphatic rings. The van der Waals surface area contributed by atoms with Gasteiger partial charge >= 0.3 is 38.1 Å². The highest BCUT2D eigenvalue weighted by Crippen LogP contribution is 2.28. The molecule has 31 heavy (non-hydrogen) atoms. The van der Waals surface area contributed by atoms with Gasteiger partial charge in [0.15, 0.2) is 24.4 Å². The van der Waals surface area contributed by atoms with Gasteiger partial charge in [-0.3, -0.25) is 0 Å². The fourth-order valence-electron chi connectivity index (χ4n) is 3.00. The highest BCUT2D eigenvalue weighted by atomic mass is 16.7. The minimum Gasteiger partial charge on any atom is -0.467 e. The van der Waals surface area contributed by atoms with E-state index in [0.717, 1.165) is 0 Å². The smallest absolute Gasteiger partial charge is 0.465 e. The van der Waals surface area contributed by atoms with Crippen molar-refractivity contribution >= 4 is 38.1 Å². The average molecular weight is 442 g/mol. The molecule has 0 aliphatic carbocycles. The SMILES string of the molecule is COC(=O)[C@@H]1OB(C/C=C\C(C)B2O[C@@H](C(=O)OC)[C@H](C(=O)OC)O2)O[C@H]1C(=O)OC. The molecule has 0 bridgehead atoms. The van der Waals surface area contributed by atoms with Crippen molar-refractivity contribution in [3.05, 3.63) is 12.2 Å². The fraction of sp³-hybridized carbons (Fsp3) is 0.647. The number of hydrogen-bond acceptors (Lipinski definition) is 12. The second-order valence-electron chi connectivity index (χ2n) is 6.64. The lowest BCUT2D eigenvalue weighted by Gasteiger charge is -2.13. The number of hydrogen-bond donors (Lipinski definition) is 0. The third-order valence-electron chi connectivity index (χ3n) is 4.64. The van der Waals surface area contributed by atoms with E-state index in [-0.39, 0.29) is 6.32 Å². The lowest BCUT2D eigenvalue weighted by atomic mass is 9.72. The van der Waals surface area contributed by atoms with Crippen molar-refractivity contribution in [3.63, 3.8) is 0 Å². The van der Waals surface area contributed by atoms with Crippen molar-refractivity contribution in [1.29, 1.82) is 0 Å². The van der Waals surface area contributed by atoms with E-state index in [0.29, 0.717) is 0 Å². The van der Waals surface area contributed by atoms with Gasteiger partial charge in [-0.15, -0.1) is 0 Å². The van der Waals surface area contributed by atoms with Gasteiger partial charge in [0, 0.05) is 12.1 Å². The molecule has 12 nitrogen and oxygen atoms in total. The molecule has 0 spiro atoms. The van der Waals surface area contributed by atoms with Crippen LogP contribution in [0.5, 0.6) is 0 Å². The molecule has 2 heterocycles. The van der Waals surface area contributed by atoms with Gasteiger partial charge in [-0.1, -0.05) is 19.1 Å². The van der Waals surface area contributed by atoms with E-state index in [9.17, 15) is 19.2 Å². The van der Waals surface area contributed by atoms with Crippen LogP contribution in [0.4, 0.5) is 0 Å². The summed E-state index contributed by atoms with van der Waals surface area (Å²) in [5.41, 5.74) is 0. The largest absolute Gasteiger partial charge is 0.467 e. The predicted molar refractivity (Wildman–Crippen MR) is 102 cm³/mol. The van der Waals surface area contributed by atoms with E-state index in [1.165, 1.54) is 28.4 Å². The summed E-state index contributed by atoms with van der Waals surface area (Å²) >= 11 is 0. The van der Waals surface area contributed by atoms with E-state index in [2.05, 4.69) is 18.9 Å². The zero-order chi connectivity index (χ0) is 23.1. The number of esters is 4. The summed E-state index contributed by atoms with van der Waals surface area (Å²) in [6, 6.07) is 0. The Hall–Kier alpha value is -2.41. The van der Waals surface area contributed by atoms with E-state index >= 15 is 0 Å². The average Bonchev–Trinajstić information content (AvgIpc) is 3.42. The predicted octanol–water partition coefficient (Wildman–Crippen LogP) is -0.831. The molecular weight excluding hydrogens is 418 g/mol. The maximum atomic E-state index is 11.9. The van der Waals surface area contributed by atoms with Crippen molar-refractivity contribution in [2.75, 3.05) is 28.4 Å². The molecule has 0 aromatic rings. The zero-order valence-corrected chi connectivity index (χ0v) is 17.8. The number of allylic oxidation sites excluding steroid dienone is 2. The Kier molecular flexibility index (Phi) is 9.04. The number of carbonyl (C=O) groups is 4. The van der Waals surface area contributed by atoms with Gasteiger partial charge in [0.25, 0.3) is 0 Å². The van der Waals surface area contributed by atoms with Crippen molar-refractivity contribution in [2.45, 2.75) is 43.5 Å². The first-order valence-electron chi connectivity index (χ1n) is 9.37. The van der Waals surface area contributed by atoms with Crippen LogP contribution in [-0.2, 0) is 56.7 Å². The van der Waals surface area contributed by atoms with E-state index in [1.807, 2.05) is 0 Å². The van der Waals surface area contributed by atoms with Gasteiger partial charge in [-0.05, 0) is 0 Å². The summed E-state index contributed by atoms with van der Waals surface area (Å²) in [4.78, 5) is 47.3. The Morgan fingerprint density at radius 3 is 1.45 bits per heavy atom. The molecular formula is C17H24B2O12. The van der Waals surface area contributed by atoms with Crippen LogP contribution in [0.3, 0.4) is 0 Å². The fourth-order valence-corrected chi connectivity index (χ4v) is 3.00. The van der Waals surface area contributed by atoms with Crippen molar-refractivity contribution in [3.8, 4) is 0 Å². The molecule has 0 aromatic heterocycles. The molecule has 0 aromatic carbocycles. The zero-order valence-electron chi connectivity index (χ0n) is 17.8. The molecule has 0 amide bonds. The van der Waals surface area contributed by atoms with Gasteiger partial charge in [0.1, 0.15) is 0 Å². The van der Waals surface area contributed by atoms with Crippen LogP contribution < -0.4 is 0 Å². The van der Waals surface area contributed by atoms with Gasteiger partial charge in [0.05, 0.1) is 28.4 Å². The standard InChI is InChI=1S/C17H24B2O12/c1-9(19-30-12(16(22)26-4)13(31-19)17(23)27-5)7-6-8-18-28-10(14(20)24-2)11(29-18)15(21)25-3/h6-7,9-13H,8H2,1-5H3/b7-6-/t9?,10-,11-,12-,13-/m1/s1. The quantitative estimate of drug-likeness (QED) is 0.200. The molecule has 2 saturated heterocycles. The summed E-state index contributed by atoms with van der Waals surface area (Å²) < 4.78 is 40.5. The maximum Gasteiger partial charge on any atom is 0.465 e. The Bertz CT molecular complexity index is 665. The normalized spacial score (nSPS) is 26.6. The highest BCUT2D eigenvalue weighted by molar-refractivity contribution is 6.49. The Labute approximate surface area is 179 Å². The molecule has 0 saturated carbocycles. The second kappa shape index (κ2) is 11.3. The first-order chi connectivity index (χ1) is 14.8. The minimum absolute atomic E-state index is 0.179. The van der Waals surface area contributed by atoms with Gasteiger partial charge in [0.2, 0.25) is 0 Å².